The first-order valence-corrected chi connectivity index (χ1v) is 45.0. The minimum Gasteiger partial charge on any atom is -0.456 e. The van der Waals surface area contributed by atoms with E-state index in [-0.39, 0.29) is 0 Å². The summed E-state index contributed by atoms with van der Waals surface area (Å²) in [5, 5.41) is 21.9. The van der Waals surface area contributed by atoms with Gasteiger partial charge < -0.3 is 28.0 Å². The van der Waals surface area contributed by atoms with Gasteiger partial charge in [-0.25, -0.2) is 0 Å². The molecule has 0 saturated carbocycles. The Bertz CT molecular complexity index is 8820. The molecule has 620 valence electrons. The third-order valence-electron chi connectivity index (χ3n) is 26.0. The summed E-state index contributed by atoms with van der Waals surface area (Å²) in [7, 11) is 0. The molecule has 0 saturated heterocycles. The second-order valence-corrected chi connectivity index (χ2v) is 33.8. The van der Waals surface area contributed by atoms with Crippen molar-refractivity contribution in [3.63, 3.8) is 0 Å². The van der Waals surface area contributed by atoms with E-state index in [1.54, 1.807) is 0 Å². The number of benzene rings is 23. The van der Waals surface area contributed by atoms with Crippen molar-refractivity contribution in [2.75, 3.05) is 14.7 Å². The highest BCUT2D eigenvalue weighted by atomic mass is 16.3. The third-order valence-corrected chi connectivity index (χ3v) is 26.0. The Morgan fingerprint density at radius 1 is 0.114 bits per heavy atom. The lowest BCUT2D eigenvalue weighted by Crippen LogP contribution is -2.09. The van der Waals surface area contributed by atoms with Gasteiger partial charge >= 0.3 is 0 Å². The molecular formula is C126H83N3O3. The standard InChI is InChI=1S/C44H29NO.C42H27NO.C40H27NO/c1-2-10-30(11-3-1)31-18-22-34(23-19-31)45(36-26-27-41-40-16-8-9-17-43(40)46-44(41)29-36)35-24-20-32(21-25-35)42-28-33-12-4-5-13-37(33)38-14-6-7-15-39(38)42;1-3-11-35-28(8-1)10-7-14-37(35)30-18-20-32(21-19-30)43(34-23-25-40-39-13-5-6-15-41(39)44-42(40)27-34)33-22-24-38-31(26-33)17-16-29-9-2-4-12-36(29)38;1-2-8-28(9-3-1)30-16-20-34(21-17-30)41(36-24-25-38-37-12-6-7-13-39(37)42-40(38)27-36)35-22-18-31(19-23-35)33-15-14-29-10-4-5-11-32(29)26-33/h1-29H;1-27H;1-27H. The smallest absolute Gasteiger partial charge is 0.137 e. The van der Waals surface area contributed by atoms with Gasteiger partial charge in [0, 0.05) is 102 Å². The van der Waals surface area contributed by atoms with Crippen LogP contribution in [0.5, 0.6) is 0 Å². The van der Waals surface area contributed by atoms with Crippen molar-refractivity contribution in [3.8, 4) is 55.6 Å². The van der Waals surface area contributed by atoms with E-state index in [1.807, 2.05) is 36.4 Å². The number of hydrogen-bond acceptors (Lipinski definition) is 6. The van der Waals surface area contributed by atoms with E-state index in [2.05, 4.69) is 482 Å². The molecule has 0 aliphatic carbocycles. The van der Waals surface area contributed by atoms with Crippen molar-refractivity contribution < 1.29 is 13.3 Å². The summed E-state index contributed by atoms with van der Waals surface area (Å²) in [5.74, 6) is 0. The lowest BCUT2D eigenvalue weighted by atomic mass is 9.93. The van der Waals surface area contributed by atoms with E-state index in [0.29, 0.717) is 0 Å². The summed E-state index contributed by atoms with van der Waals surface area (Å²) in [4.78, 5) is 6.93. The first-order chi connectivity index (χ1) is 65.4. The Balaban J connectivity index is 0.000000109. The highest BCUT2D eigenvalue weighted by molar-refractivity contribution is 6.15. The molecule has 0 aliphatic heterocycles. The van der Waals surface area contributed by atoms with Gasteiger partial charge in [-0.3, -0.25) is 0 Å². The predicted molar refractivity (Wildman–Crippen MR) is 557 cm³/mol. The van der Waals surface area contributed by atoms with Crippen molar-refractivity contribution >= 4 is 182 Å². The van der Waals surface area contributed by atoms with Gasteiger partial charge in [0.05, 0.1) is 0 Å². The molecule has 6 nitrogen and oxygen atoms in total. The molecule has 3 aromatic heterocycles. The average Bonchev–Trinajstić information content (AvgIpc) is 1.50. The zero-order valence-electron chi connectivity index (χ0n) is 72.0. The summed E-state index contributed by atoms with van der Waals surface area (Å²) in [6.45, 7) is 0. The van der Waals surface area contributed by atoms with Crippen molar-refractivity contribution in [2.24, 2.45) is 0 Å². The zero-order chi connectivity index (χ0) is 87.4. The van der Waals surface area contributed by atoms with Crippen molar-refractivity contribution in [1.29, 1.82) is 0 Å². The normalized spacial score (nSPS) is 11.5. The van der Waals surface area contributed by atoms with E-state index < -0.39 is 0 Å². The first-order valence-electron chi connectivity index (χ1n) is 45.0. The second-order valence-electron chi connectivity index (χ2n) is 33.8. The van der Waals surface area contributed by atoms with E-state index in [9.17, 15) is 0 Å². The van der Waals surface area contributed by atoms with Crippen LogP contribution in [0.4, 0.5) is 51.2 Å². The fourth-order valence-corrected chi connectivity index (χ4v) is 19.4. The van der Waals surface area contributed by atoms with Crippen LogP contribution >= 0.6 is 0 Å². The van der Waals surface area contributed by atoms with E-state index in [4.69, 9.17) is 13.3 Å². The Morgan fingerprint density at radius 2 is 0.386 bits per heavy atom. The predicted octanol–water partition coefficient (Wildman–Crippen LogP) is 36.4. The van der Waals surface area contributed by atoms with Crippen LogP contribution in [0.15, 0.2) is 517 Å². The molecule has 0 bridgehead atoms. The van der Waals surface area contributed by atoms with Crippen LogP contribution in [0.1, 0.15) is 0 Å². The summed E-state index contributed by atoms with van der Waals surface area (Å²) in [6, 6.07) is 179. The van der Waals surface area contributed by atoms with Gasteiger partial charge in [0.15, 0.2) is 0 Å². The van der Waals surface area contributed by atoms with Crippen molar-refractivity contribution in [2.45, 2.75) is 0 Å². The molecule has 26 aromatic rings. The summed E-state index contributed by atoms with van der Waals surface area (Å²) in [6.07, 6.45) is 0. The van der Waals surface area contributed by atoms with Crippen molar-refractivity contribution in [3.05, 3.63) is 504 Å². The summed E-state index contributed by atoms with van der Waals surface area (Å²) in [5.41, 5.74) is 27.1. The number of fused-ring (bicyclic) bond motifs is 17. The maximum Gasteiger partial charge on any atom is 0.137 e. The lowest BCUT2D eigenvalue weighted by molar-refractivity contribution is 0.668. The van der Waals surface area contributed by atoms with Crippen LogP contribution in [0.3, 0.4) is 0 Å². The van der Waals surface area contributed by atoms with Crippen LogP contribution in [0.2, 0.25) is 0 Å². The van der Waals surface area contributed by atoms with Crippen LogP contribution in [-0.2, 0) is 0 Å². The highest BCUT2D eigenvalue weighted by Gasteiger charge is 2.23. The van der Waals surface area contributed by atoms with E-state index in [0.717, 1.165) is 117 Å². The fraction of sp³-hybridized carbons (Fsp3) is 0. The molecule has 26 rings (SSSR count). The Kier molecular flexibility index (Phi) is 19.9. The zero-order valence-corrected chi connectivity index (χ0v) is 72.0. The molecule has 3 heterocycles. The second kappa shape index (κ2) is 33.6. The molecule has 0 spiro atoms. The van der Waals surface area contributed by atoms with E-state index in [1.165, 1.54) is 120 Å². The molecule has 0 unspecified atom stereocenters. The SMILES string of the molecule is c1ccc(-c2ccc(N(c3ccc(-c4cc5ccccc5c5ccccc45)cc3)c3ccc4c(c3)oc3ccccc34)cc2)cc1.c1ccc(-c2ccc(N(c3ccc(-c4ccc5ccccc5c4)cc3)c3ccc4c(c3)oc3ccccc34)cc2)cc1.c1ccc2c(-c3ccc(N(c4ccc5c(ccc6ccccc65)c4)c4ccc5c(c4)oc4ccccc45)cc3)cccc2c1. The molecule has 0 fully saturated rings. The van der Waals surface area contributed by atoms with Crippen LogP contribution in [0.25, 0.3) is 186 Å². The molecule has 0 atom stereocenters. The molecule has 132 heavy (non-hydrogen) atoms. The number of anilines is 9. The number of nitrogens with zero attached hydrogens (tertiary/aromatic N) is 3. The minimum absolute atomic E-state index is 0.879. The van der Waals surface area contributed by atoms with Crippen LogP contribution < -0.4 is 14.7 Å². The van der Waals surface area contributed by atoms with Gasteiger partial charge in [0.1, 0.15) is 33.5 Å². The van der Waals surface area contributed by atoms with Gasteiger partial charge in [-0.15, -0.1) is 0 Å². The average molecular weight is 1690 g/mol. The molecule has 0 radical (unpaired) electrons. The topological polar surface area (TPSA) is 49.1 Å². The number of rotatable bonds is 14. The van der Waals surface area contributed by atoms with Gasteiger partial charge in [-0.2, -0.15) is 0 Å². The van der Waals surface area contributed by atoms with Gasteiger partial charge in [-0.1, -0.05) is 346 Å². The molecule has 23 aromatic carbocycles. The van der Waals surface area contributed by atoms with Gasteiger partial charge in [-0.05, 0) is 260 Å². The number of furan rings is 3. The largest absolute Gasteiger partial charge is 0.456 e. The Morgan fingerprint density at radius 3 is 0.864 bits per heavy atom. The van der Waals surface area contributed by atoms with Crippen LogP contribution in [0, 0.1) is 0 Å². The number of hydrogen-bond donors (Lipinski definition) is 0. The fourth-order valence-electron chi connectivity index (χ4n) is 19.4. The van der Waals surface area contributed by atoms with Gasteiger partial charge in [0.2, 0.25) is 0 Å². The molecule has 0 aliphatic rings. The minimum atomic E-state index is 0.879. The van der Waals surface area contributed by atoms with Gasteiger partial charge in [0.25, 0.3) is 0 Å². The lowest BCUT2D eigenvalue weighted by Gasteiger charge is -2.26. The summed E-state index contributed by atoms with van der Waals surface area (Å²) >= 11 is 0. The summed E-state index contributed by atoms with van der Waals surface area (Å²) < 4.78 is 18.9. The third kappa shape index (κ3) is 14.7. The Labute approximate surface area is 763 Å². The maximum atomic E-state index is 6.32. The monoisotopic (exact) mass is 1690 g/mol. The number of para-hydroxylation sites is 3. The quantitative estimate of drug-likeness (QED) is 0.101. The Hall–Kier alpha value is -17.6. The first kappa shape index (κ1) is 77.9. The van der Waals surface area contributed by atoms with Crippen LogP contribution in [-0.4, -0.2) is 0 Å². The molecule has 0 amide bonds. The maximum absolute atomic E-state index is 6.32. The van der Waals surface area contributed by atoms with Crippen molar-refractivity contribution in [1.82, 2.24) is 0 Å². The molecule has 6 heteroatoms. The molecular weight excluding hydrogens is 1600 g/mol. The highest BCUT2D eigenvalue weighted by Crippen LogP contribution is 2.47. The molecule has 0 N–H and O–H groups in total. The van der Waals surface area contributed by atoms with E-state index >= 15 is 0 Å².